The molecule has 0 aromatic carbocycles. The van der Waals surface area contributed by atoms with Crippen molar-refractivity contribution in [3.8, 4) is 0 Å². The van der Waals surface area contributed by atoms with Crippen LogP contribution < -0.4 is 5.32 Å². The zero-order valence-corrected chi connectivity index (χ0v) is 11.6. The molecule has 0 aliphatic carbocycles. The van der Waals surface area contributed by atoms with E-state index in [-0.39, 0.29) is 0 Å². The molecule has 0 saturated carbocycles. The number of nitrogens with zero attached hydrogens (tertiary/aromatic N) is 1. The summed E-state index contributed by atoms with van der Waals surface area (Å²) in [6, 6.07) is 0.674. The fourth-order valence-corrected chi connectivity index (χ4v) is 1.90. The number of rotatable bonds is 11. The summed E-state index contributed by atoms with van der Waals surface area (Å²) in [7, 11) is 4.00. The van der Waals surface area contributed by atoms with Crippen LogP contribution in [-0.4, -0.2) is 51.3 Å². The third kappa shape index (κ3) is 8.08. The van der Waals surface area contributed by atoms with Gasteiger partial charge in [0.1, 0.15) is 0 Å². The van der Waals surface area contributed by atoms with Crippen LogP contribution in [0.25, 0.3) is 0 Å². The minimum absolute atomic E-state index is 0.674. The quantitative estimate of drug-likeness (QED) is 0.550. The van der Waals surface area contributed by atoms with Gasteiger partial charge >= 0.3 is 0 Å². The Bertz CT molecular complexity index is 142. The Morgan fingerprint density at radius 2 is 2.00 bits per heavy atom. The topological polar surface area (TPSA) is 24.5 Å². The molecule has 0 aliphatic heterocycles. The van der Waals surface area contributed by atoms with Crippen molar-refractivity contribution >= 4 is 0 Å². The van der Waals surface area contributed by atoms with E-state index in [0.29, 0.717) is 6.04 Å². The van der Waals surface area contributed by atoms with Crippen LogP contribution in [-0.2, 0) is 4.74 Å². The normalized spacial score (nSPS) is 13.3. The van der Waals surface area contributed by atoms with Gasteiger partial charge in [-0.2, -0.15) is 0 Å². The Hall–Kier alpha value is -0.120. The van der Waals surface area contributed by atoms with Crippen molar-refractivity contribution in [2.24, 2.45) is 0 Å². The van der Waals surface area contributed by atoms with E-state index in [1.807, 2.05) is 0 Å². The number of hydrogen-bond donors (Lipinski definition) is 1. The van der Waals surface area contributed by atoms with Crippen LogP contribution in [0.5, 0.6) is 0 Å². The van der Waals surface area contributed by atoms with E-state index in [0.717, 1.165) is 32.7 Å². The van der Waals surface area contributed by atoms with Gasteiger partial charge in [-0.05, 0) is 32.9 Å². The van der Waals surface area contributed by atoms with Crippen LogP contribution >= 0.6 is 0 Å². The summed E-state index contributed by atoms with van der Waals surface area (Å²) < 4.78 is 5.09. The van der Waals surface area contributed by atoms with Gasteiger partial charge in [-0.15, -0.1) is 0 Å². The number of ether oxygens (including phenoxy) is 1. The Kier molecular flexibility index (Phi) is 11.3. The molecule has 0 amide bonds. The minimum atomic E-state index is 0.674. The molecule has 0 radical (unpaired) electrons. The molecule has 0 heterocycles. The van der Waals surface area contributed by atoms with Gasteiger partial charge in [-0.1, -0.05) is 20.3 Å². The largest absolute Gasteiger partial charge is 0.385 e. The zero-order valence-electron chi connectivity index (χ0n) is 11.6. The second kappa shape index (κ2) is 11.4. The lowest BCUT2D eigenvalue weighted by Gasteiger charge is -2.28. The lowest BCUT2D eigenvalue weighted by Crippen LogP contribution is -2.41. The standard InChI is InChI=1S/C13H30N2O/c1-5-8-13(12-14-9-6-2)15(3)10-7-11-16-4/h13-14H,5-12H2,1-4H3. The molecule has 3 nitrogen and oxygen atoms in total. The Labute approximate surface area is 102 Å². The molecular weight excluding hydrogens is 200 g/mol. The van der Waals surface area contributed by atoms with Crippen LogP contribution in [0.3, 0.4) is 0 Å². The van der Waals surface area contributed by atoms with Gasteiger partial charge in [0, 0.05) is 32.8 Å². The third-order valence-electron chi connectivity index (χ3n) is 2.91. The van der Waals surface area contributed by atoms with Gasteiger partial charge in [-0.3, -0.25) is 0 Å². The number of hydrogen-bond acceptors (Lipinski definition) is 3. The first kappa shape index (κ1) is 15.9. The van der Waals surface area contributed by atoms with E-state index in [1.165, 1.54) is 19.3 Å². The van der Waals surface area contributed by atoms with E-state index in [4.69, 9.17) is 4.74 Å². The van der Waals surface area contributed by atoms with Gasteiger partial charge in [0.05, 0.1) is 0 Å². The first-order valence-electron chi connectivity index (χ1n) is 6.66. The summed E-state index contributed by atoms with van der Waals surface area (Å²) >= 11 is 0. The molecule has 0 rings (SSSR count). The van der Waals surface area contributed by atoms with E-state index >= 15 is 0 Å². The Balaban J connectivity index is 3.77. The predicted molar refractivity (Wildman–Crippen MR) is 71.0 cm³/mol. The van der Waals surface area contributed by atoms with E-state index in [1.54, 1.807) is 7.11 Å². The Morgan fingerprint density at radius 3 is 2.56 bits per heavy atom. The number of nitrogens with one attached hydrogen (secondary N) is 1. The zero-order chi connectivity index (χ0) is 12.2. The minimum Gasteiger partial charge on any atom is -0.385 e. The second-order valence-electron chi connectivity index (χ2n) is 4.47. The van der Waals surface area contributed by atoms with Crippen LogP contribution in [0, 0.1) is 0 Å². The van der Waals surface area contributed by atoms with Gasteiger partial charge in [0.25, 0.3) is 0 Å². The van der Waals surface area contributed by atoms with Crippen LogP contribution in [0.15, 0.2) is 0 Å². The molecule has 1 atom stereocenters. The van der Waals surface area contributed by atoms with Crippen molar-refractivity contribution < 1.29 is 4.74 Å². The summed E-state index contributed by atoms with van der Waals surface area (Å²) in [4.78, 5) is 2.46. The molecule has 0 spiro atoms. The average molecular weight is 230 g/mol. The maximum absolute atomic E-state index is 5.09. The molecular formula is C13H30N2O. The first-order chi connectivity index (χ1) is 7.76. The van der Waals surface area contributed by atoms with Crippen molar-refractivity contribution in [2.75, 3.05) is 40.4 Å². The van der Waals surface area contributed by atoms with Gasteiger partial charge in [0.15, 0.2) is 0 Å². The van der Waals surface area contributed by atoms with Gasteiger partial charge in [-0.25, -0.2) is 0 Å². The smallest absolute Gasteiger partial charge is 0.0474 e. The highest BCUT2D eigenvalue weighted by molar-refractivity contribution is 4.71. The highest BCUT2D eigenvalue weighted by Gasteiger charge is 2.12. The molecule has 0 aromatic heterocycles. The van der Waals surface area contributed by atoms with Gasteiger partial charge in [0.2, 0.25) is 0 Å². The molecule has 0 aromatic rings. The molecule has 1 unspecified atom stereocenters. The highest BCUT2D eigenvalue weighted by Crippen LogP contribution is 2.05. The monoisotopic (exact) mass is 230 g/mol. The molecule has 98 valence electrons. The SMILES string of the molecule is CCCNCC(CCC)N(C)CCCOC. The summed E-state index contributed by atoms with van der Waals surface area (Å²) in [5, 5.41) is 3.52. The van der Waals surface area contributed by atoms with Crippen LogP contribution in [0.1, 0.15) is 39.5 Å². The maximum atomic E-state index is 5.09. The highest BCUT2D eigenvalue weighted by atomic mass is 16.5. The van der Waals surface area contributed by atoms with Crippen molar-refractivity contribution in [3.63, 3.8) is 0 Å². The molecule has 0 fully saturated rings. The molecule has 3 heteroatoms. The first-order valence-corrected chi connectivity index (χ1v) is 6.66. The van der Waals surface area contributed by atoms with Gasteiger partial charge < -0.3 is 15.0 Å². The molecule has 0 aliphatic rings. The Morgan fingerprint density at radius 1 is 1.25 bits per heavy atom. The summed E-state index contributed by atoms with van der Waals surface area (Å²) in [5.41, 5.74) is 0. The summed E-state index contributed by atoms with van der Waals surface area (Å²) in [6.45, 7) is 8.72. The molecule has 1 N–H and O–H groups in total. The van der Waals surface area contributed by atoms with Crippen LogP contribution in [0.4, 0.5) is 0 Å². The second-order valence-corrected chi connectivity index (χ2v) is 4.47. The fraction of sp³-hybridized carbons (Fsp3) is 1.00. The summed E-state index contributed by atoms with van der Waals surface area (Å²) in [5.74, 6) is 0. The summed E-state index contributed by atoms with van der Waals surface area (Å²) in [6.07, 6.45) is 4.88. The molecule has 0 saturated heterocycles. The van der Waals surface area contributed by atoms with Crippen LogP contribution in [0.2, 0.25) is 0 Å². The predicted octanol–water partition coefficient (Wildman–Crippen LogP) is 2.12. The third-order valence-corrected chi connectivity index (χ3v) is 2.91. The average Bonchev–Trinajstić information content (AvgIpc) is 2.28. The molecule has 0 bridgehead atoms. The fourth-order valence-electron chi connectivity index (χ4n) is 1.90. The lowest BCUT2D eigenvalue weighted by molar-refractivity contribution is 0.160. The van der Waals surface area contributed by atoms with Crippen molar-refractivity contribution in [3.05, 3.63) is 0 Å². The number of likely N-dealkylation sites (N-methyl/N-ethyl adjacent to an activating group) is 1. The van der Waals surface area contributed by atoms with E-state index < -0.39 is 0 Å². The maximum Gasteiger partial charge on any atom is 0.0474 e. The van der Waals surface area contributed by atoms with Crippen molar-refractivity contribution in [1.29, 1.82) is 0 Å². The number of methoxy groups -OCH3 is 1. The van der Waals surface area contributed by atoms with Crippen molar-refractivity contribution in [1.82, 2.24) is 10.2 Å². The lowest BCUT2D eigenvalue weighted by atomic mass is 10.1. The van der Waals surface area contributed by atoms with Crippen molar-refractivity contribution in [2.45, 2.75) is 45.6 Å². The van der Waals surface area contributed by atoms with E-state index in [2.05, 4.69) is 31.1 Å². The van der Waals surface area contributed by atoms with E-state index in [9.17, 15) is 0 Å². The molecule has 16 heavy (non-hydrogen) atoms.